The molecule has 3 rings (SSSR count). The van der Waals surface area contributed by atoms with Crippen LogP contribution in [0.2, 0.25) is 0 Å². The lowest BCUT2D eigenvalue weighted by molar-refractivity contribution is -0.0531. The zero-order valence-corrected chi connectivity index (χ0v) is 9.39. The Kier molecular flexibility index (Phi) is 1.98. The van der Waals surface area contributed by atoms with Crippen molar-refractivity contribution in [2.24, 2.45) is 0 Å². The van der Waals surface area contributed by atoms with Gasteiger partial charge in [-0.1, -0.05) is 0 Å². The van der Waals surface area contributed by atoms with E-state index >= 15 is 0 Å². The van der Waals surface area contributed by atoms with E-state index in [0.29, 0.717) is 23.7 Å². The summed E-state index contributed by atoms with van der Waals surface area (Å²) in [5.74, 6) is -0.584. The highest BCUT2D eigenvalue weighted by Crippen LogP contribution is 2.42. The Morgan fingerprint density at radius 2 is 2.18 bits per heavy atom. The summed E-state index contributed by atoms with van der Waals surface area (Å²) in [6, 6.07) is 2.59. The number of aromatic nitrogens is 2. The number of halogens is 1. The van der Waals surface area contributed by atoms with Gasteiger partial charge in [0.2, 0.25) is 0 Å². The van der Waals surface area contributed by atoms with Gasteiger partial charge in [-0.2, -0.15) is 5.10 Å². The molecule has 0 atom stereocenters. The van der Waals surface area contributed by atoms with E-state index in [1.54, 1.807) is 11.6 Å². The number of benzene rings is 1. The van der Waals surface area contributed by atoms with Crippen molar-refractivity contribution < 1.29 is 14.6 Å². The third kappa shape index (κ3) is 1.58. The molecule has 0 saturated heterocycles. The van der Waals surface area contributed by atoms with Crippen molar-refractivity contribution in [2.75, 3.05) is 0 Å². The first-order valence-electron chi connectivity index (χ1n) is 5.54. The van der Waals surface area contributed by atoms with Crippen LogP contribution in [0.25, 0.3) is 10.9 Å². The molecule has 1 aliphatic rings. The largest absolute Gasteiger partial charge is 0.508 e. The molecule has 0 spiro atoms. The van der Waals surface area contributed by atoms with Crippen molar-refractivity contribution >= 4 is 10.9 Å². The Bertz CT molecular complexity index is 583. The van der Waals surface area contributed by atoms with Gasteiger partial charge in [-0.05, 0) is 25.8 Å². The zero-order chi connectivity index (χ0) is 12.2. The number of aromatic hydroxyl groups is 1. The van der Waals surface area contributed by atoms with Gasteiger partial charge in [0.15, 0.2) is 5.82 Å². The molecular weight excluding hydrogens is 223 g/mol. The van der Waals surface area contributed by atoms with Crippen LogP contribution in [-0.2, 0) is 0 Å². The van der Waals surface area contributed by atoms with E-state index in [9.17, 15) is 14.6 Å². The maximum atomic E-state index is 13.8. The van der Waals surface area contributed by atoms with Gasteiger partial charge in [0.1, 0.15) is 11.3 Å². The number of hydrogen-bond donors (Lipinski definition) is 2. The van der Waals surface area contributed by atoms with Crippen molar-refractivity contribution in [1.29, 1.82) is 0 Å². The first-order valence-corrected chi connectivity index (χ1v) is 5.54. The van der Waals surface area contributed by atoms with Crippen LogP contribution < -0.4 is 0 Å². The summed E-state index contributed by atoms with van der Waals surface area (Å²) in [7, 11) is 0. The number of fused-ring (bicyclic) bond motifs is 1. The van der Waals surface area contributed by atoms with Gasteiger partial charge in [0, 0.05) is 11.5 Å². The summed E-state index contributed by atoms with van der Waals surface area (Å²) in [5.41, 5.74) is -0.278. The fourth-order valence-electron chi connectivity index (χ4n) is 2.53. The van der Waals surface area contributed by atoms with Crippen LogP contribution >= 0.6 is 0 Å². The van der Waals surface area contributed by atoms with E-state index < -0.39 is 11.4 Å². The molecule has 0 unspecified atom stereocenters. The Hall–Kier alpha value is -1.62. The second-order valence-electron chi connectivity index (χ2n) is 5.01. The third-order valence-corrected chi connectivity index (χ3v) is 3.32. The van der Waals surface area contributed by atoms with Crippen LogP contribution in [0.15, 0.2) is 18.3 Å². The van der Waals surface area contributed by atoms with Gasteiger partial charge in [0.05, 0.1) is 17.8 Å². The van der Waals surface area contributed by atoms with E-state index in [4.69, 9.17) is 0 Å². The number of aliphatic hydroxyl groups is 1. The molecule has 1 aliphatic carbocycles. The Morgan fingerprint density at radius 3 is 2.82 bits per heavy atom. The maximum absolute atomic E-state index is 13.8. The molecule has 0 amide bonds. The average Bonchev–Trinajstić information content (AvgIpc) is 2.57. The zero-order valence-electron chi connectivity index (χ0n) is 9.39. The van der Waals surface area contributed by atoms with Gasteiger partial charge in [-0.3, -0.25) is 4.68 Å². The second-order valence-corrected chi connectivity index (χ2v) is 5.01. The minimum Gasteiger partial charge on any atom is -0.508 e. The molecule has 1 fully saturated rings. The number of phenols is 1. The maximum Gasteiger partial charge on any atom is 0.152 e. The Balaban J connectivity index is 2.07. The number of rotatable bonds is 1. The number of phenolic OH excluding ortho intramolecular Hbond substituents is 1. The van der Waals surface area contributed by atoms with Crippen molar-refractivity contribution in [3.05, 3.63) is 24.1 Å². The first kappa shape index (κ1) is 10.5. The molecular formula is C12H13FN2O2. The smallest absolute Gasteiger partial charge is 0.152 e. The molecule has 1 aromatic carbocycles. The number of nitrogens with zero attached hydrogens (tertiary/aromatic N) is 2. The minimum absolute atomic E-state index is 0.0292. The SMILES string of the molecule is CC1(O)CC(n2ncc3cc(O)cc(F)c32)C1. The molecule has 17 heavy (non-hydrogen) atoms. The van der Waals surface area contributed by atoms with Crippen molar-refractivity contribution in [3.8, 4) is 5.75 Å². The average molecular weight is 236 g/mol. The molecule has 1 saturated carbocycles. The predicted molar refractivity (Wildman–Crippen MR) is 60.3 cm³/mol. The molecule has 0 radical (unpaired) electrons. The van der Waals surface area contributed by atoms with Crippen LogP contribution in [0.4, 0.5) is 4.39 Å². The highest BCUT2D eigenvalue weighted by atomic mass is 19.1. The van der Waals surface area contributed by atoms with Crippen LogP contribution in [0, 0.1) is 5.82 Å². The van der Waals surface area contributed by atoms with Crippen LogP contribution in [0.5, 0.6) is 5.75 Å². The van der Waals surface area contributed by atoms with E-state index in [1.807, 2.05) is 0 Å². The lowest BCUT2D eigenvalue weighted by atomic mass is 9.77. The molecule has 4 nitrogen and oxygen atoms in total. The predicted octanol–water partition coefficient (Wildman–Crippen LogP) is 1.97. The lowest BCUT2D eigenvalue weighted by Crippen LogP contribution is -2.42. The topological polar surface area (TPSA) is 58.3 Å². The summed E-state index contributed by atoms with van der Waals surface area (Å²) >= 11 is 0. The van der Waals surface area contributed by atoms with E-state index in [1.165, 1.54) is 12.3 Å². The molecule has 0 bridgehead atoms. The number of hydrogen-bond acceptors (Lipinski definition) is 3. The van der Waals surface area contributed by atoms with Gasteiger partial charge >= 0.3 is 0 Å². The van der Waals surface area contributed by atoms with Gasteiger partial charge in [0.25, 0.3) is 0 Å². The van der Waals surface area contributed by atoms with E-state index in [-0.39, 0.29) is 11.8 Å². The van der Waals surface area contributed by atoms with Crippen molar-refractivity contribution in [2.45, 2.75) is 31.4 Å². The molecule has 1 aromatic heterocycles. The minimum atomic E-state index is -0.670. The van der Waals surface area contributed by atoms with Gasteiger partial charge in [-0.25, -0.2) is 4.39 Å². The van der Waals surface area contributed by atoms with Gasteiger partial charge in [-0.15, -0.1) is 0 Å². The molecule has 2 N–H and O–H groups in total. The third-order valence-electron chi connectivity index (χ3n) is 3.32. The van der Waals surface area contributed by atoms with E-state index in [2.05, 4.69) is 5.10 Å². The monoisotopic (exact) mass is 236 g/mol. The van der Waals surface area contributed by atoms with Crippen molar-refractivity contribution in [1.82, 2.24) is 9.78 Å². The molecule has 2 aromatic rings. The summed E-state index contributed by atoms with van der Waals surface area (Å²) in [6.07, 6.45) is 2.68. The Labute approximate surface area is 97.3 Å². The quantitative estimate of drug-likeness (QED) is 0.795. The lowest BCUT2D eigenvalue weighted by Gasteiger charge is -2.41. The highest BCUT2D eigenvalue weighted by molar-refractivity contribution is 5.81. The first-order chi connectivity index (χ1) is 7.96. The molecule has 1 heterocycles. The van der Waals surface area contributed by atoms with Crippen molar-refractivity contribution in [3.63, 3.8) is 0 Å². The van der Waals surface area contributed by atoms with Crippen LogP contribution in [0.1, 0.15) is 25.8 Å². The van der Waals surface area contributed by atoms with Crippen LogP contribution in [0.3, 0.4) is 0 Å². The highest BCUT2D eigenvalue weighted by Gasteiger charge is 2.40. The molecule has 0 aliphatic heterocycles. The summed E-state index contributed by atoms with van der Waals surface area (Å²) < 4.78 is 15.4. The molecule has 5 heteroatoms. The normalized spacial score (nSPS) is 28.3. The standard InChI is InChI=1S/C12H13FN2O2/c1-12(17)4-8(5-12)15-11-7(6-14-15)2-9(16)3-10(11)13/h2-3,6,8,16-17H,4-5H2,1H3. The summed E-state index contributed by atoms with van der Waals surface area (Å²) in [5, 5.41) is 23.7. The second kappa shape index (κ2) is 3.20. The summed E-state index contributed by atoms with van der Waals surface area (Å²) in [4.78, 5) is 0. The fourth-order valence-corrected chi connectivity index (χ4v) is 2.53. The van der Waals surface area contributed by atoms with Gasteiger partial charge < -0.3 is 10.2 Å². The Morgan fingerprint density at radius 1 is 1.47 bits per heavy atom. The van der Waals surface area contributed by atoms with Crippen LogP contribution in [-0.4, -0.2) is 25.6 Å². The summed E-state index contributed by atoms with van der Waals surface area (Å²) in [6.45, 7) is 1.76. The molecule has 90 valence electrons. The van der Waals surface area contributed by atoms with E-state index in [0.717, 1.165) is 6.07 Å². The fraction of sp³-hybridized carbons (Fsp3) is 0.417.